The maximum Gasteiger partial charge on any atom is 0.261 e. The first-order chi connectivity index (χ1) is 44.7. The lowest BCUT2D eigenvalue weighted by Gasteiger charge is -2.29. The summed E-state index contributed by atoms with van der Waals surface area (Å²) < 4.78 is 2.70. The molecule has 2 aliphatic heterocycles. The average molecular weight is 1280 g/mol. The maximum atomic E-state index is 16.2. The van der Waals surface area contributed by atoms with E-state index in [0.29, 0.717) is 36.1 Å². The molecule has 0 bridgehead atoms. The first-order valence-electron chi connectivity index (χ1n) is 37.8. The number of amides is 2. The van der Waals surface area contributed by atoms with Crippen molar-refractivity contribution in [3.05, 3.63) is 116 Å². The quantitative estimate of drug-likeness (QED) is 0.0357. The van der Waals surface area contributed by atoms with Crippen LogP contribution in [0.15, 0.2) is 96.1 Å². The highest BCUT2D eigenvalue weighted by molar-refractivity contribution is 7.27. The van der Waals surface area contributed by atoms with Crippen LogP contribution in [0, 0.1) is 25.7 Å². The molecule has 2 atom stereocenters. The van der Waals surface area contributed by atoms with Gasteiger partial charge in [-0.2, -0.15) is 0 Å². The number of benzene rings is 4. The monoisotopic (exact) mass is 1280 g/mol. The van der Waals surface area contributed by atoms with Gasteiger partial charge in [-0.25, -0.2) is 0 Å². The Kier molecular flexibility index (Phi) is 29.6. The van der Waals surface area contributed by atoms with Crippen LogP contribution in [0.2, 0.25) is 0 Å². The number of hydrogen-bond acceptors (Lipinski definition) is 5. The van der Waals surface area contributed by atoms with Gasteiger partial charge < -0.3 is 9.80 Å². The zero-order valence-electron chi connectivity index (χ0n) is 57.9. The lowest BCUT2D eigenvalue weighted by atomic mass is 9.93. The van der Waals surface area contributed by atoms with Crippen LogP contribution in [0.25, 0.3) is 63.6 Å². The highest BCUT2D eigenvalue weighted by Crippen LogP contribution is 2.51. The normalized spacial score (nSPS) is 14.4. The van der Waals surface area contributed by atoms with Crippen LogP contribution in [0.5, 0.6) is 0 Å². The standard InChI is InChI=1S/C84H118N2O2S3/c1-7-11-15-19-23-27-29-33-37-41-44-65(43-39-35-31-25-21-17-13-9-3)61-85-79(75-56-48-64(6)89-75)77-78(84(85)88)80(86(83(77)87)62-66(45-40-36-32-26-22-18-14-10-4)46-42-38-34-30-28-24-20-16-12-8-2)76-58-57-74(90-76)69-51-53-71-68(60-69)50-55-73-72-54-49-67-59-63(5)47-52-70(67)81(72)91-82(71)73/h47-60,65-66H,7-46,61-62H2,1-6H3. The zero-order valence-corrected chi connectivity index (χ0v) is 60.3. The molecule has 0 spiro atoms. The second kappa shape index (κ2) is 38.1. The third kappa shape index (κ3) is 19.8. The van der Waals surface area contributed by atoms with Crippen molar-refractivity contribution in [2.45, 2.75) is 298 Å². The molecule has 0 fully saturated rings. The number of hydrogen-bond donors (Lipinski definition) is 0. The van der Waals surface area contributed by atoms with Gasteiger partial charge in [-0.15, -0.1) is 34.0 Å². The molecule has 91 heavy (non-hydrogen) atoms. The number of fused-ring (bicyclic) bond motifs is 8. The third-order valence-corrected chi connectivity index (χ3v) is 24.1. The van der Waals surface area contributed by atoms with Gasteiger partial charge in [-0.3, -0.25) is 9.59 Å². The summed E-state index contributed by atoms with van der Waals surface area (Å²) in [7, 11) is 0. The molecule has 0 saturated heterocycles. The maximum absolute atomic E-state index is 16.2. The van der Waals surface area contributed by atoms with Crippen molar-refractivity contribution in [1.82, 2.24) is 9.80 Å². The van der Waals surface area contributed by atoms with Crippen LogP contribution in [0.4, 0.5) is 0 Å². The second-order valence-electron chi connectivity index (χ2n) is 28.2. The van der Waals surface area contributed by atoms with E-state index in [1.807, 2.05) is 11.3 Å². The van der Waals surface area contributed by atoms with Crippen LogP contribution in [-0.4, -0.2) is 34.7 Å². The number of rotatable bonds is 47. The summed E-state index contributed by atoms with van der Waals surface area (Å²) in [6, 6.07) is 32.1. The molecule has 4 aromatic carbocycles. The lowest BCUT2D eigenvalue weighted by molar-refractivity contribution is -0.124. The highest BCUT2D eigenvalue weighted by atomic mass is 32.1. The van der Waals surface area contributed by atoms with E-state index < -0.39 is 0 Å². The van der Waals surface area contributed by atoms with Gasteiger partial charge in [0.15, 0.2) is 0 Å². The van der Waals surface area contributed by atoms with E-state index in [1.54, 1.807) is 22.7 Å². The van der Waals surface area contributed by atoms with Gasteiger partial charge in [0.1, 0.15) is 0 Å². The van der Waals surface area contributed by atoms with Crippen LogP contribution < -0.4 is 0 Å². The fraction of sp³-hybridized carbons (Fsp3) is 0.595. The molecule has 2 amide bonds. The molecule has 0 aliphatic carbocycles. The first-order valence-corrected chi connectivity index (χ1v) is 40.3. The zero-order chi connectivity index (χ0) is 63.6. The van der Waals surface area contributed by atoms with Crippen molar-refractivity contribution >= 4 is 98.9 Å². The predicted molar refractivity (Wildman–Crippen MR) is 403 cm³/mol. The minimum absolute atomic E-state index is 0.0520. The Morgan fingerprint density at radius 1 is 0.330 bits per heavy atom. The molecule has 0 radical (unpaired) electrons. The van der Waals surface area contributed by atoms with Crippen LogP contribution >= 0.6 is 34.0 Å². The lowest BCUT2D eigenvalue weighted by Crippen LogP contribution is -2.34. The Balaban J connectivity index is 1.03. The number of carbonyl (C=O) groups excluding carboxylic acids is 2. The largest absolute Gasteiger partial charge is 0.306 e. The Morgan fingerprint density at radius 2 is 0.670 bits per heavy atom. The Hall–Kier alpha value is -4.56. The topological polar surface area (TPSA) is 40.6 Å². The van der Waals surface area contributed by atoms with Crippen molar-refractivity contribution in [2.24, 2.45) is 11.8 Å². The summed E-state index contributed by atoms with van der Waals surface area (Å²) in [5.74, 6) is 0.864. The predicted octanol–water partition coefficient (Wildman–Crippen LogP) is 27.5. The minimum atomic E-state index is 0.0520. The molecule has 7 aromatic rings. The summed E-state index contributed by atoms with van der Waals surface area (Å²) in [4.78, 5) is 41.1. The highest BCUT2D eigenvalue weighted by Gasteiger charge is 2.50. The number of carbonyl (C=O) groups is 2. The van der Waals surface area contributed by atoms with Gasteiger partial charge in [0, 0.05) is 43.0 Å². The van der Waals surface area contributed by atoms with Gasteiger partial charge >= 0.3 is 0 Å². The van der Waals surface area contributed by atoms with Gasteiger partial charge in [0.2, 0.25) is 0 Å². The number of aryl methyl sites for hydroxylation is 2. The first kappa shape index (κ1) is 70.7. The average Bonchev–Trinajstić information content (AvgIpc) is 1.57. The molecule has 3 aromatic heterocycles. The molecule has 4 nitrogen and oxygen atoms in total. The molecule has 9 rings (SSSR count). The number of thiophene rings is 3. The van der Waals surface area contributed by atoms with Gasteiger partial charge in [-0.1, -0.05) is 319 Å². The molecule has 5 heterocycles. The molecule has 2 unspecified atom stereocenters. The van der Waals surface area contributed by atoms with Crippen molar-refractivity contribution in [3.8, 4) is 10.4 Å². The van der Waals surface area contributed by atoms with Crippen molar-refractivity contribution < 1.29 is 9.59 Å². The van der Waals surface area contributed by atoms with E-state index in [4.69, 9.17) is 0 Å². The molecular formula is C84H118N2O2S3. The Bertz CT molecular complexity index is 3420. The van der Waals surface area contributed by atoms with E-state index in [2.05, 4.69) is 136 Å². The molecule has 2 aliphatic rings. The molecule has 7 heteroatoms. The summed E-state index contributed by atoms with van der Waals surface area (Å²) in [5, 5.41) is 7.82. The van der Waals surface area contributed by atoms with Crippen molar-refractivity contribution in [3.63, 3.8) is 0 Å². The van der Waals surface area contributed by atoms with Crippen LogP contribution in [-0.2, 0) is 9.59 Å². The molecule has 494 valence electrons. The van der Waals surface area contributed by atoms with Crippen LogP contribution in [0.1, 0.15) is 305 Å². The van der Waals surface area contributed by atoms with Crippen molar-refractivity contribution in [2.75, 3.05) is 13.1 Å². The van der Waals surface area contributed by atoms with Gasteiger partial charge in [0.05, 0.1) is 32.3 Å². The fourth-order valence-electron chi connectivity index (χ4n) is 15.2. The SMILES string of the molecule is CCCCCCCCCCCCC(CCCCCCCCCC)CN1C(=O)C2=C(c3ccc(-c4ccc5c(ccc6c7ccc8cc(C)ccc8c7sc56)c4)s3)N(CC(CCCCCCCCCC)CCCCCCCCCCCC)C(=O)C2=C1c1ccc(C)s1. The van der Waals surface area contributed by atoms with E-state index in [-0.39, 0.29) is 11.8 Å². The van der Waals surface area contributed by atoms with E-state index in [0.717, 1.165) is 46.8 Å². The fourth-order valence-corrected chi connectivity index (χ4v) is 18.6. The number of unbranched alkanes of at least 4 members (excludes halogenated alkanes) is 32. The second-order valence-corrected chi connectivity index (χ2v) is 31.6. The van der Waals surface area contributed by atoms with E-state index >= 15 is 9.59 Å². The minimum Gasteiger partial charge on any atom is -0.306 e. The van der Waals surface area contributed by atoms with Crippen LogP contribution in [0.3, 0.4) is 0 Å². The summed E-state index contributed by atoms with van der Waals surface area (Å²) in [6.45, 7) is 14.9. The molecule has 0 N–H and O–H groups in total. The van der Waals surface area contributed by atoms with Gasteiger partial charge in [-0.05, 0) is 109 Å². The van der Waals surface area contributed by atoms with E-state index in [9.17, 15) is 0 Å². The summed E-state index contributed by atoms with van der Waals surface area (Å²) >= 11 is 5.46. The Labute approximate surface area is 564 Å². The summed E-state index contributed by atoms with van der Waals surface area (Å²) in [6.07, 6.45) is 51.9. The van der Waals surface area contributed by atoms with E-state index in [1.165, 1.54) is 294 Å². The van der Waals surface area contributed by atoms with Gasteiger partial charge in [0.25, 0.3) is 11.8 Å². The number of nitrogens with zero attached hydrogens (tertiary/aromatic N) is 2. The molecular weight excluding hydrogens is 1170 g/mol. The summed E-state index contributed by atoms with van der Waals surface area (Å²) in [5.41, 5.74) is 5.58. The smallest absolute Gasteiger partial charge is 0.261 e. The Morgan fingerprint density at radius 3 is 1.07 bits per heavy atom. The molecule has 0 saturated carbocycles. The third-order valence-electron chi connectivity index (χ3n) is 20.6. The van der Waals surface area contributed by atoms with Crippen molar-refractivity contribution in [1.29, 1.82) is 0 Å².